The number of ether oxygens (including phenoxy) is 2. The lowest BCUT2D eigenvalue weighted by Crippen LogP contribution is -2.57. The summed E-state index contributed by atoms with van der Waals surface area (Å²) in [6.45, 7) is 5.27. The molecule has 4 heterocycles. The van der Waals surface area contributed by atoms with Crippen molar-refractivity contribution >= 4 is 0 Å². The first kappa shape index (κ1) is 18.1. The Balaban J connectivity index is 1.37. The summed E-state index contributed by atoms with van der Waals surface area (Å²) in [5.41, 5.74) is 2.78. The minimum absolute atomic E-state index is 0.137. The number of aromatic nitrogens is 1. The van der Waals surface area contributed by atoms with E-state index >= 15 is 0 Å². The Kier molecular flexibility index (Phi) is 4.60. The van der Waals surface area contributed by atoms with Crippen LogP contribution < -0.4 is 4.74 Å². The number of fused-ring (bicyclic) bond motifs is 4. The molecule has 1 spiro atoms. The molecule has 0 radical (unpaired) electrons. The van der Waals surface area contributed by atoms with Crippen LogP contribution in [0.25, 0.3) is 0 Å². The molecular formula is C23H27FN2O2. The van der Waals surface area contributed by atoms with Gasteiger partial charge in [0.15, 0.2) is 0 Å². The van der Waals surface area contributed by atoms with Crippen LogP contribution in [0.1, 0.15) is 48.6 Å². The van der Waals surface area contributed by atoms with E-state index in [1.165, 1.54) is 17.2 Å². The van der Waals surface area contributed by atoms with Gasteiger partial charge in [0.25, 0.3) is 0 Å². The Morgan fingerprint density at radius 1 is 1.25 bits per heavy atom. The second-order valence-corrected chi connectivity index (χ2v) is 8.46. The molecule has 0 unspecified atom stereocenters. The second-order valence-electron chi connectivity index (χ2n) is 8.46. The van der Waals surface area contributed by atoms with E-state index in [1.807, 2.05) is 0 Å². The van der Waals surface area contributed by atoms with Gasteiger partial charge in [-0.1, -0.05) is 12.1 Å². The lowest BCUT2D eigenvalue weighted by atomic mass is 9.70. The predicted octanol–water partition coefficient (Wildman–Crippen LogP) is 4.42. The number of pyridine rings is 1. The average Bonchev–Trinajstić information content (AvgIpc) is 2.71. The van der Waals surface area contributed by atoms with Crippen molar-refractivity contribution in [2.45, 2.75) is 50.9 Å². The first-order valence-corrected chi connectivity index (χ1v) is 10.4. The van der Waals surface area contributed by atoms with Crippen LogP contribution in [0.2, 0.25) is 0 Å². The van der Waals surface area contributed by atoms with E-state index in [2.05, 4.69) is 35.0 Å². The van der Waals surface area contributed by atoms with E-state index < -0.39 is 0 Å². The maximum absolute atomic E-state index is 14.0. The smallest absolute Gasteiger partial charge is 0.146 e. The summed E-state index contributed by atoms with van der Waals surface area (Å²) in [5, 5.41) is 0. The molecule has 2 aromatic rings. The summed E-state index contributed by atoms with van der Waals surface area (Å²) in [4.78, 5) is 6.51. The van der Waals surface area contributed by atoms with Gasteiger partial charge in [0, 0.05) is 56.8 Å². The summed E-state index contributed by atoms with van der Waals surface area (Å²) in [5.74, 6) is 1.17. The minimum atomic E-state index is -0.221. The van der Waals surface area contributed by atoms with Crippen molar-refractivity contribution in [2.75, 3.05) is 19.7 Å². The SMILES string of the molecule is Cc1ccc2c(c1)OC1(CCN(Cc3ncccc3F)CC1)[C@H]1CCCO[C@H]21. The highest BCUT2D eigenvalue weighted by atomic mass is 19.1. The molecule has 3 aliphatic rings. The van der Waals surface area contributed by atoms with E-state index in [-0.39, 0.29) is 17.5 Å². The summed E-state index contributed by atoms with van der Waals surface area (Å²) in [7, 11) is 0. The number of aryl methyl sites for hydroxylation is 1. The molecule has 1 aromatic heterocycles. The molecule has 148 valence electrons. The number of rotatable bonds is 2. The highest BCUT2D eigenvalue weighted by Gasteiger charge is 2.52. The molecule has 1 aromatic carbocycles. The number of likely N-dealkylation sites (tertiary alicyclic amines) is 1. The minimum Gasteiger partial charge on any atom is -0.486 e. The summed E-state index contributed by atoms with van der Waals surface area (Å²) < 4.78 is 27.0. The number of hydrogen-bond acceptors (Lipinski definition) is 4. The zero-order valence-electron chi connectivity index (χ0n) is 16.4. The number of halogens is 1. The number of benzene rings is 1. The zero-order chi connectivity index (χ0) is 19.1. The molecule has 0 bridgehead atoms. The van der Waals surface area contributed by atoms with Gasteiger partial charge in [-0.05, 0) is 43.5 Å². The van der Waals surface area contributed by atoms with Gasteiger partial charge in [-0.25, -0.2) is 4.39 Å². The van der Waals surface area contributed by atoms with Gasteiger partial charge in [-0.2, -0.15) is 0 Å². The maximum Gasteiger partial charge on any atom is 0.146 e. The summed E-state index contributed by atoms with van der Waals surface area (Å²) in [6.07, 6.45) is 5.93. The first-order chi connectivity index (χ1) is 13.6. The largest absolute Gasteiger partial charge is 0.486 e. The molecule has 5 heteroatoms. The fourth-order valence-corrected chi connectivity index (χ4v) is 5.20. The Hall–Kier alpha value is -1.98. The van der Waals surface area contributed by atoms with Crippen molar-refractivity contribution in [1.29, 1.82) is 0 Å². The van der Waals surface area contributed by atoms with Crippen molar-refractivity contribution in [1.82, 2.24) is 9.88 Å². The summed E-state index contributed by atoms with van der Waals surface area (Å²) in [6, 6.07) is 9.61. The van der Waals surface area contributed by atoms with E-state index in [0.29, 0.717) is 18.2 Å². The topological polar surface area (TPSA) is 34.6 Å². The third kappa shape index (κ3) is 3.11. The van der Waals surface area contributed by atoms with Crippen LogP contribution in [0.15, 0.2) is 36.5 Å². The van der Waals surface area contributed by atoms with Crippen LogP contribution in [0.5, 0.6) is 5.75 Å². The third-order valence-electron chi connectivity index (χ3n) is 6.70. The molecule has 5 rings (SSSR count). The molecule has 0 saturated carbocycles. The number of hydrogen-bond donors (Lipinski definition) is 0. The number of nitrogens with zero attached hydrogens (tertiary/aromatic N) is 2. The fourth-order valence-electron chi connectivity index (χ4n) is 5.20. The van der Waals surface area contributed by atoms with Gasteiger partial charge in [0.2, 0.25) is 0 Å². The van der Waals surface area contributed by atoms with Crippen molar-refractivity contribution < 1.29 is 13.9 Å². The molecule has 3 aliphatic heterocycles. The van der Waals surface area contributed by atoms with Gasteiger partial charge in [0.05, 0.1) is 11.8 Å². The molecule has 2 atom stereocenters. The average molecular weight is 382 g/mol. The molecule has 2 fully saturated rings. The van der Waals surface area contributed by atoms with Gasteiger partial charge < -0.3 is 9.47 Å². The van der Waals surface area contributed by atoms with Crippen LogP contribution in [0.3, 0.4) is 0 Å². The van der Waals surface area contributed by atoms with E-state index in [1.54, 1.807) is 12.3 Å². The molecule has 4 nitrogen and oxygen atoms in total. The predicted molar refractivity (Wildman–Crippen MR) is 105 cm³/mol. The summed E-state index contributed by atoms with van der Waals surface area (Å²) >= 11 is 0. The lowest BCUT2D eigenvalue weighted by Gasteiger charge is -2.53. The highest BCUT2D eigenvalue weighted by molar-refractivity contribution is 5.42. The van der Waals surface area contributed by atoms with Crippen LogP contribution >= 0.6 is 0 Å². The van der Waals surface area contributed by atoms with Crippen molar-refractivity contribution in [3.05, 3.63) is 59.2 Å². The fraction of sp³-hybridized carbons (Fsp3) is 0.522. The first-order valence-electron chi connectivity index (χ1n) is 10.4. The molecule has 0 amide bonds. The second kappa shape index (κ2) is 7.12. The standard InChI is InChI=1S/C23H27FN2O2/c1-16-6-7-17-21(14-16)28-23(18-4-3-13-27-22(17)18)8-11-26(12-9-23)15-20-19(24)5-2-10-25-20/h2,5-7,10,14,18,22H,3-4,8-9,11-13,15H2,1H3/t18-,22+/m0/s1. The maximum atomic E-state index is 14.0. The van der Waals surface area contributed by atoms with Crippen molar-refractivity contribution in [2.24, 2.45) is 5.92 Å². The monoisotopic (exact) mass is 382 g/mol. The van der Waals surface area contributed by atoms with Gasteiger partial charge in [-0.3, -0.25) is 9.88 Å². The van der Waals surface area contributed by atoms with Gasteiger partial charge in [-0.15, -0.1) is 0 Å². The van der Waals surface area contributed by atoms with Crippen LogP contribution in [-0.4, -0.2) is 35.2 Å². The van der Waals surface area contributed by atoms with Gasteiger partial charge in [0.1, 0.15) is 17.2 Å². The normalized spacial score (nSPS) is 26.4. The lowest BCUT2D eigenvalue weighted by molar-refractivity contribution is -0.150. The van der Waals surface area contributed by atoms with Crippen LogP contribution in [-0.2, 0) is 11.3 Å². The molecular weight excluding hydrogens is 355 g/mol. The van der Waals surface area contributed by atoms with Crippen LogP contribution in [0, 0.1) is 18.7 Å². The molecule has 0 N–H and O–H groups in total. The van der Waals surface area contributed by atoms with Gasteiger partial charge >= 0.3 is 0 Å². The number of piperidine rings is 1. The van der Waals surface area contributed by atoms with Crippen molar-refractivity contribution in [3.8, 4) is 5.75 Å². The van der Waals surface area contributed by atoms with Crippen molar-refractivity contribution in [3.63, 3.8) is 0 Å². The van der Waals surface area contributed by atoms with E-state index in [4.69, 9.17) is 9.47 Å². The molecule has 28 heavy (non-hydrogen) atoms. The highest BCUT2D eigenvalue weighted by Crippen LogP contribution is 2.53. The Morgan fingerprint density at radius 2 is 2.11 bits per heavy atom. The van der Waals surface area contributed by atoms with E-state index in [9.17, 15) is 4.39 Å². The molecule has 2 saturated heterocycles. The quantitative estimate of drug-likeness (QED) is 0.770. The van der Waals surface area contributed by atoms with E-state index in [0.717, 1.165) is 51.1 Å². The Bertz CT molecular complexity index is 863. The zero-order valence-corrected chi connectivity index (χ0v) is 16.4. The Labute approximate surface area is 165 Å². The third-order valence-corrected chi connectivity index (χ3v) is 6.70. The Morgan fingerprint density at radius 3 is 2.93 bits per heavy atom. The van der Waals surface area contributed by atoms with Crippen LogP contribution in [0.4, 0.5) is 4.39 Å². The molecule has 0 aliphatic carbocycles.